The van der Waals surface area contributed by atoms with Crippen LogP contribution in [0, 0.1) is 0 Å². The van der Waals surface area contributed by atoms with Gasteiger partial charge in [-0.2, -0.15) is 0 Å². The predicted octanol–water partition coefficient (Wildman–Crippen LogP) is 1.000. The lowest BCUT2D eigenvalue weighted by Crippen LogP contribution is -2.56. The van der Waals surface area contributed by atoms with Crippen LogP contribution in [0.15, 0.2) is 24.3 Å². The largest absolute Gasteiger partial charge is 0.493 e. The number of carbonyl (C=O) groups excluding carboxylic acids is 1. The molecule has 2 heterocycles. The highest BCUT2D eigenvalue weighted by Crippen LogP contribution is 2.34. The molecule has 2 unspecified atom stereocenters. The summed E-state index contributed by atoms with van der Waals surface area (Å²) in [7, 11) is 0. The van der Waals surface area contributed by atoms with Gasteiger partial charge >= 0.3 is 5.97 Å². The normalized spacial score (nSPS) is 25.2. The fourth-order valence-electron chi connectivity index (χ4n) is 3.10. The van der Waals surface area contributed by atoms with Crippen LogP contribution in [0.25, 0.3) is 0 Å². The molecular weight excluding hydrogens is 268 g/mol. The lowest BCUT2D eigenvalue weighted by atomic mass is 9.99. The Kier molecular flexibility index (Phi) is 4.41. The maximum absolute atomic E-state index is 12.1. The molecule has 1 aromatic rings. The fraction of sp³-hybridized carbons (Fsp3) is 0.562. The van der Waals surface area contributed by atoms with Crippen LogP contribution in [0.4, 0.5) is 0 Å². The van der Waals surface area contributed by atoms with E-state index >= 15 is 0 Å². The highest BCUT2D eigenvalue weighted by atomic mass is 16.5. The Morgan fingerprint density at radius 3 is 3.19 bits per heavy atom. The first kappa shape index (κ1) is 14.4. The average Bonchev–Trinajstić information content (AvgIpc) is 2.91. The van der Waals surface area contributed by atoms with Crippen molar-refractivity contribution in [3.05, 3.63) is 29.8 Å². The van der Waals surface area contributed by atoms with Gasteiger partial charge in [0.1, 0.15) is 11.8 Å². The van der Waals surface area contributed by atoms with Crippen LogP contribution in [0.2, 0.25) is 0 Å². The molecule has 1 N–H and O–H groups in total. The van der Waals surface area contributed by atoms with Gasteiger partial charge in [-0.25, -0.2) is 0 Å². The lowest BCUT2D eigenvalue weighted by Gasteiger charge is -2.35. The molecule has 5 heteroatoms. The minimum absolute atomic E-state index is 0.128. The van der Waals surface area contributed by atoms with Gasteiger partial charge in [0, 0.05) is 37.7 Å². The van der Waals surface area contributed by atoms with Gasteiger partial charge in [0.25, 0.3) is 0 Å². The molecule has 2 aliphatic heterocycles. The predicted molar refractivity (Wildman–Crippen MR) is 79.5 cm³/mol. The third-order valence-corrected chi connectivity index (χ3v) is 4.17. The van der Waals surface area contributed by atoms with Crippen molar-refractivity contribution in [2.24, 2.45) is 0 Å². The van der Waals surface area contributed by atoms with E-state index < -0.39 is 0 Å². The van der Waals surface area contributed by atoms with Crippen LogP contribution in [-0.2, 0) is 9.53 Å². The van der Waals surface area contributed by atoms with Gasteiger partial charge in [0.15, 0.2) is 0 Å². The molecule has 0 saturated carbocycles. The second-order valence-corrected chi connectivity index (χ2v) is 5.51. The van der Waals surface area contributed by atoms with E-state index in [-0.39, 0.29) is 12.0 Å². The number of para-hydroxylation sites is 1. The standard InChI is InChI=1S/C16H22N2O3/c1-2-20-16(19)14-9-17-7-8-18(14)10-12-11-21-15-6-4-3-5-13(12)15/h3-6,12,14,17H,2,7-11H2,1H3. The number of hydrogen-bond donors (Lipinski definition) is 1. The van der Waals surface area contributed by atoms with Crippen molar-refractivity contribution >= 4 is 5.97 Å². The van der Waals surface area contributed by atoms with Crippen LogP contribution in [0.5, 0.6) is 5.75 Å². The van der Waals surface area contributed by atoms with Gasteiger partial charge in [-0.1, -0.05) is 18.2 Å². The van der Waals surface area contributed by atoms with Gasteiger partial charge in [-0.3, -0.25) is 9.69 Å². The van der Waals surface area contributed by atoms with Crippen molar-refractivity contribution in [2.75, 3.05) is 39.4 Å². The first-order valence-corrected chi connectivity index (χ1v) is 7.62. The lowest BCUT2D eigenvalue weighted by molar-refractivity contribution is -0.150. The van der Waals surface area contributed by atoms with E-state index in [0.717, 1.165) is 25.4 Å². The Bertz CT molecular complexity index is 506. The molecule has 1 aromatic carbocycles. The van der Waals surface area contributed by atoms with Crippen molar-refractivity contribution < 1.29 is 14.3 Å². The van der Waals surface area contributed by atoms with Crippen LogP contribution in [-0.4, -0.2) is 56.3 Å². The first-order chi connectivity index (χ1) is 10.3. The van der Waals surface area contributed by atoms with E-state index in [2.05, 4.69) is 16.3 Å². The van der Waals surface area contributed by atoms with Crippen molar-refractivity contribution in [2.45, 2.75) is 18.9 Å². The van der Waals surface area contributed by atoms with E-state index in [1.54, 1.807) is 0 Å². The molecule has 0 spiro atoms. The van der Waals surface area contributed by atoms with Crippen LogP contribution in [0.1, 0.15) is 18.4 Å². The van der Waals surface area contributed by atoms with E-state index in [0.29, 0.717) is 25.7 Å². The summed E-state index contributed by atoms with van der Waals surface area (Å²) in [5.74, 6) is 1.18. The molecule has 0 aliphatic carbocycles. The summed E-state index contributed by atoms with van der Waals surface area (Å²) in [4.78, 5) is 14.3. The molecule has 0 bridgehead atoms. The number of nitrogens with one attached hydrogen (secondary N) is 1. The summed E-state index contributed by atoms with van der Waals surface area (Å²) >= 11 is 0. The molecule has 21 heavy (non-hydrogen) atoms. The van der Waals surface area contributed by atoms with Gasteiger partial charge in [0.2, 0.25) is 0 Å². The summed E-state index contributed by atoms with van der Waals surface area (Å²) in [6, 6.07) is 7.98. The van der Waals surface area contributed by atoms with Gasteiger partial charge in [0.05, 0.1) is 13.2 Å². The molecule has 0 radical (unpaired) electrons. The number of esters is 1. The number of carbonyl (C=O) groups is 1. The van der Waals surface area contributed by atoms with E-state index in [1.165, 1.54) is 5.56 Å². The molecule has 114 valence electrons. The van der Waals surface area contributed by atoms with E-state index in [4.69, 9.17) is 9.47 Å². The first-order valence-electron chi connectivity index (χ1n) is 7.62. The maximum atomic E-state index is 12.1. The Morgan fingerprint density at radius 1 is 1.48 bits per heavy atom. The van der Waals surface area contributed by atoms with E-state index in [1.807, 2.05) is 25.1 Å². The minimum Gasteiger partial charge on any atom is -0.493 e. The number of ether oxygens (including phenoxy) is 2. The monoisotopic (exact) mass is 290 g/mol. The quantitative estimate of drug-likeness (QED) is 0.838. The molecule has 5 nitrogen and oxygen atoms in total. The summed E-state index contributed by atoms with van der Waals surface area (Å²) in [5.41, 5.74) is 1.25. The number of piperazine rings is 1. The maximum Gasteiger partial charge on any atom is 0.324 e. The molecule has 3 rings (SSSR count). The number of rotatable bonds is 4. The molecule has 1 fully saturated rings. The Hall–Kier alpha value is -1.59. The van der Waals surface area contributed by atoms with Crippen LogP contribution >= 0.6 is 0 Å². The zero-order valence-electron chi connectivity index (χ0n) is 12.4. The second kappa shape index (κ2) is 6.45. The van der Waals surface area contributed by atoms with E-state index in [9.17, 15) is 4.79 Å². The summed E-state index contributed by atoms with van der Waals surface area (Å²) in [6.07, 6.45) is 0. The van der Waals surface area contributed by atoms with Gasteiger partial charge < -0.3 is 14.8 Å². The van der Waals surface area contributed by atoms with Crippen molar-refractivity contribution in [3.8, 4) is 5.75 Å². The van der Waals surface area contributed by atoms with Gasteiger partial charge in [-0.15, -0.1) is 0 Å². The zero-order valence-corrected chi connectivity index (χ0v) is 12.4. The highest BCUT2D eigenvalue weighted by Gasteiger charge is 2.33. The fourth-order valence-corrected chi connectivity index (χ4v) is 3.10. The minimum atomic E-state index is -0.188. The Labute approximate surface area is 125 Å². The molecule has 2 atom stereocenters. The van der Waals surface area contributed by atoms with Crippen molar-refractivity contribution in [1.82, 2.24) is 10.2 Å². The number of fused-ring (bicyclic) bond motifs is 1. The Morgan fingerprint density at radius 2 is 2.33 bits per heavy atom. The molecular formula is C16H22N2O3. The second-order valence-electron chi connectivity index (χ2n) is 5.51. The van der Waals surface area contributed by atoms with Crippen LogP contribution in [0.3, 0.4) is 0 Å². The van der Waals surface area contributed by atoms with Gasteiger partial charge in [-0.05, 0) is 13.0 Å². The zero-order chi connectivity index (χ0) is 14.7. The number of hydrogen-bond acceptors (Lipinski definition) is 5. The third-order valence-electron chi connectivity index (χ3n) is 4.17. The third kappa shape index (κ3) is 3.04. The van der Waals surface area contributed by atoms with Crippen molar-refractivity contribution in [3.63, 3.8) is 0 Å². The smallest absolute Gasteiger partial charge is 0.324 e. The summed E-state index contributed by atoms with van der Waals surface area (Å²) in [6.45, 7) is 6.24. The Balaban J connectivity index is 1.69. The molecule has 0 amide bonds. The number of benzene rings is 1. The molecule has 0 aromatic heterocycles. The molecule has 1 saturated heterocycles. The average molecular weight is 290 g/mol. The SMILES string of the molecule is CCOC(=O)C1CNCCN1CC1COc2ccccc21. The summed E-state index contributed by atoms with van der Waals surface area (Å²) < 4.78 is 10.9. The topological polar surface area (TPSA) is 50.8 Å². The number of nitrogens with zero attached hydrogens (tertiary/aromatic N) is 1. The summed E-state index contributed by atoms with van der Waals surface area (Å²) in [5, 5.41) is 3.27. The van der Waals surface area contributed by atoms with Crippen molar-refractivity contribution in [1.29, 1.82) is 0 Å². The molecule has 2 aliphatic rings. The highest BCUT2D eigenvalue weighted by molar-refractivity contribution is 5.76. The van der Waals surface area contributed by atoms with Crippen LogP contribution < -0.4 is 10.1 Å².